The minimum absolute atomic E-state index is 0.0203. The van der Waals surface area contributed by atoms with E-state index in [0.717, 1.165) is 22.5 Å². The summed E-state index contributed by atoms with van der Waals surface area (Å²) in [5, 5.41) is 0. The van der Waals surface area contributed by atoms with Gasteiger partial charge >= 0.3 is 6.18 Å². The van der Waals surface area contributed by atoms with E-state index in [1.807, 2.05) is 0 Å². The summed E-state index contributed by atoms with van der Waals surface area (Å²) in [7, 11) is -0.463. The molecule has 0 aliphatic carbocycles. The average Bonchev–Trinajstić information content (AvgIpc) is 3.10. The third-order valence-corrected chi connectivity index (χ3v) is 6.11. The summed E-state index contributed by atoms with van der Waals surface area (Å²) in [6.07, 6.45) is -1.69. The van der Waals surface area contributed by atoms with E-state index < -0.39 is 32.8 Å². The highest BCUT2D eigenvalue weighted by atomic mass is 32.2. The first-order chi connectivity index (χ1) is 13.1. The van der Waals surface area contributed by atoms with Crippen LogP contribution in [0.1, 0.15) is 12.0 Å². The van der Waals surface area contributed by atoms with Gasteiger partial charge in [0.15, 0.2) is 5.82 Å². The standard InChI is InChI=1S/C17H19F3N4O3S/c1-23(2)15-9-21-10-16(22-15)27-13-6-7-24(11-13)28(25,26)14-5-3-4-12(8-14)17(18,19)20/h3-5,8-10,13H,6-7,11H2,1-2H3. The topological polar surface area (TPSA) is 75.6 Å². The van der Waals surface area contributed by atoms with Crippen LogP contribution >= 0.6 is 0 Å². The number of aromatic nitrogens is 2. The highest BCUT2D eigenvalue weighted by Gasteiger charge is 2.36. The van der Waals surface area contributed by atoms with Crippen LogP contribution in [-0.2, 0) is 16.2 Å². The van der Waals surface area contributed by atoms with Gasteiger partial charge in [-0.15, -0.1) is 0 Å². The second kappa shape index (κ2) is 7.55. The van der Waals surface area contributed by atoms with Crippen molar-refractivity contribution >= 4 is 15.8 Å². The van der Waals surface area contributed by atoms with Gasteiger partial charge in [-0.25, -0.2) is 8.42 Å². The van der Waals surface area contributed by atoms with Crippen LogP contribution in [0.2, 0.25) is 0 Å². The minimum Gasteiger partial charge on any atom is -0.472 e. The second-order valence-corrected chi connectivity index (χ2v) is 8.47. The number of benzene rings is 1. The van der Waals surface area contributed by atoms with E-state index in [1.165, 1.54) is 6.20 Å². The number of anilines is 1. The lowest BCUT2D eigenvalue weighted by Crippen LogP contribution is -2.31. The van der Waals surface area contributed by atoms with Crippen molar-refractivity contribution in [3.05, 3.63) is 42.2 Å². The Labute approximate surface area is 160 Å². The van der Waals surface area contributed by atoms with Gasteiger partial charge in [-0.3, -0.25) is 4.98 Å². The summed E-state index contributed by atoms with van der Waals surface area (Å²) >= 11 is 0. The van der Waals surface area contributed by atoms with E-state index in [4.69, 9.17) is 4.74 Å². The molecule has 0 amide bonds. The lowest BCUT2D eigenvalue weighted by Gasteiger charge is -2.18. The zero-order chi connectivity index (χ0) is 20.5. The van der Waals surface area contributed by atoms with Gasteiger partial charge in [0.2, 0.25) is 15.9 Å². The minimum atomic E-state index is -4.61. The molecule has 1 atom stereocenters. The highest BCUT2D eigenvalue weighted by Crippen LogP contribution is 2.32. The molecule has 7 nitrogen and oxygen atoms in total. The SMILES string of the molecule is CN(C)c1cncc(OC2CCN(S(=O)(=O)c3cccc(C(F)(F)F)c3)C2)n1. The van der Waals surface area contributed by atoms with E-state index in [-0.39, 0.29) is 19.0 Å². The summed E-state index contributed by atoms with van der Waals surface area (Å²) in [4.78, 5) is 9.65. The lowest BCUT2D eigenvalue weighted by atomic mass is 10.2. The van der Waals surface area contributed by atoms with Gasteiger partial charge < -0.3 is 9.64 Å². The Hall–Kier alpha value is -2.40. The Kier molecular flexibility index (Phi) is 5.48. The zero-order valence-corrected chi connectivity index (χ0v) is 16.0. The fraction of sp³-hybridized carbons (Fsp3) is 0.412. The molecule has 11 heteroatoms. The predicted octanol–water partition coefficient (Wildman–Crippen LogP) is 2.40. The molecular formula is C17H19F3N4O3S. The smallest absolute Gasteiger partial charge is 0.416 e. The molecular weight excluding hydrogens is 397 g/mol. The van der Waals surface area contributed by atoms with Crippen molar-refractivity contribution in [3.63, 3.8) is 0 Å². The fourth-order valence-corrected chi connectivity index (χ4v) is 4.31. The molecule has 0 N–H and O–H groups in total. The summed E-state index contributed by atoms with van der Waals surface area (Å²) in [6.45, 7) is 0.163. The molecule has 1 aliphatic heterocycles. The van der Waals surface area contributed by atoms with Crippen LogP contribution in [0.25, 0.3) is 0 Å². The van der Waals surface area contributed by atoms with Gasteiger partial charge in [0.1, 0.15) is 6.10 Å². The Balaban J connectivity index is 1.73. The number of hydrogen-bond donors (Lipinski definition) is 0. The number of ether oxygens (including phenoxy) is 1. The third-order valence-electron chi connectivity index (χ3n) is 4.25. The number of rotatable bonds is 5. The van der Waals surface area contributed by atoms with E-state index in [9.17, 15) is 21.6 Å². The van der Waals surface area contributed by atoms with Gasteiger partial charge in [0, 0.05) is 20.6 Å². The van der Waals surface area contributed by atoms with Crippen molar-refractivity contribution in [2.75, 3.05) is 32.1 Å². The van der Waals surface area contributed by atoms with Crippen molar-refractivity contribution in [3.8, 4) is 5.88 Å². The van der Waals surface area contributed by atoms with Crippen LogP contribution in [0, 0.1) is 0 Å². The highest BCUT2D eigenvalue weighted by molar-refractivity contribution is 7.89. The number of nitrogens with zero attached hydrogens (tertiary/aromatic N) is 4. The fourth-order valence-electron chi connectivity index (χ4n) is 2.78. The normalized spacial score (nSPS) is 18.2. The van der Waals surface area contributed by atoms with E-state index in [0.29, 0.717) is 18.3 Å². The van der Waals surface area contributed by atoms with Gasteiger partial charge in [0.25, 0.3) is 0 Å². The van der Waals surface area contributed by atoms with E-state index in [2.05, 4.69) is 9.97 Å². The van der Waals surface area contributed by atoms with Crippen molar-refractivity contribution in [1.29, 1.82) is 0 Å². The third kappa shape index (κ3) is 4.36. The van der Waals surface area contributed by atoms with Crippen molar-refractivity contribution in [2.45, 2.75) is 23.6 Å². The molecule has 3 rings (SSSR count). The molecule has 152 valence electrons. The van der Waals surface area contributed by atoms with Crippen LogP contribution in [0.15, 0.2) is 41.6 Å². The molecule has 0 spiro atoms. The Morgan fingerprint density at radius 2 is 2.00 bits per heavy atom. The molecule has 28 heavy (non-hydrogen) atoms. The maximum Gasteiger partial charge on any atom is 0.416 e. The number of hydrogen-bond acceptors (Lipinski definition) is 6. The molecule has 0 saturated carbocycles. The average molecular weight is 416 g/mol. The first-order valence-electron chi connectivity index (χ1n) is 8.41. The van der Waals surface area contributed by atoms with Crippen molar-refractivity contribution in [2.24, 2.45) is 0 Å². The summed E-state index contributed by atoms with van der Waals surface area (Å²) in [5.41, 5.74) is -1.00. The molecule has 1 fully saturated rings. The molecule has 2 aromatic rings. The zero-order valence-electron chi connectivity index (χ0n) is 15.2. The molecule has 1 aromatic carbocycles. The monoisotopic (exact) mass is 416 g/mol. The predicted molar refractivity (Wildman–Crippen MR) is 95.6 cm³/mol. The first-order valence-corrected chi connectivity index (χ1v) is 9.85. The van der Waals surface area contributed by atoms with Crippen LogP contribution in [-0.4, -0.2) is 56.0 Å². The summed E-state index contributed by atoms with van der Waals surface area (Å²) in [5.74, 6) is 0.846. The number of alkyl halides is 3. The molecule has 1 unspecified atom stereocenters. The summed E-state index contributed by atoms with van der Waals surface area (Å²) < 4.78 is 70.9. The molecule has 1 aliphatic rings. The molecule has 0 bridgehead atoms. The Morgan fingerprint density at radius 1 is 1.25 bits per heavy atom. The van der Waals surface area contributed by atoms with Crippen molar-refractivity contribution < 1.29 is 26.3 Å². The second-order valence-electron chi connectivity index (χ2n) is 6.53. The van der Waals surface area contributed by atoms with Crippen LogP contribution in [0.3, 0.4) is 0 Å². The maximum absolute atomic E-state index is 12.9. The van der Waals surface area contributed by atoms with Gasteiger partial charge in [0.05, 0.1) is 29.4 Å². The molecule has 2 heterocycles. The number of halogens is 3. The van der Waals surface area contributed by atoms with Gasteiger partial charge in [-0.1, -0.05) is 6.07 Å². The van der Waals surface area contributed by atoms with Crippen LogP contribution in [0.5, 0.6) is 5.88 Å². The van der Waals surface area contributed by atoms with Gasteiger partial charge in [-0.05, 0) is 24.6 Å². The Morgan fingerprint density at radius 3 is 2.68 bits per heavy atom. The number of sulfonamides is 1. The first kappa shape index (κ1) is 20.3. The summed E-state index contributed by atoms with van der Waals surface area (Å²) in [6, 6.07) is 3.73. The van der Waals surface area contributed by atoms with Crippen LogP contribution < -0.4 is 9.64 Å². The van der Waals surface area contributed by atoms with Gasteiger partial charge in [-0.2, -0.15) is 22.5 Å². The van der Waals surface area contributed by atoms with Crippen LogP contribution in [0.4, 0.5) is 19.0 Å². The van der Waals surface area contributed by atoms with Crippen molar-refractivity contribution in [1.82, 2.24) is 14.3 Å². The quantitative estimate of drug-likeness (QED) is 0.745. The molecule has 0 radical (unpaired) electrons. The van der Waals surface area contributed by atoms with E-state index in [1.54, 1.807) is 25.2 Å². The lowest BCUT2D eigenvalue weighted by molar-refractivity contribution is -0.137. The molecule has 1 aromatic heterocycles. The molecule has 1 saturated heterocycles. The Bertz CT molecular complexity index is 951. The van der Waals surface area contributed by atoms with E-state index >= 15 is 0 Å². The largest absolute Gasteiger partial charge is 0.472 e. The maximum atomic E-state index is 12.9.